The second-order valence-corrected chi connectivity index (χ2v) is 4.83. The fourth-order valence-corrected chi connectivity index (χ4v) is 2.37. The lowest BCUT2D eigenvalue weighted by molar-refractivity contribution is -0.137. The summed E-state index contributed by atoms with van der Waals surface area (Å²) in [4.78, 5) is 24.4. The molecular weight excluding hydrogens is 262 g/mol. The first kappa shape index (κ1) is 13.3. The molecule has 0 aliphatic carbocycles. The van der Waals surface area contributed by atoms with Crippen molar-refractivity contribution in [3.8, 4) is 0 Å². The zero-order valence-corrected chi connectivity index (χ0v) is 11.0. The standard InChI is InChI=1S/C14H13NO3S/c16-13(17)9-15(8-11-4-2-1-3-5-11)14(18)12-6-7-19-10-12/h1-7,10H,8-9H2,(H,16,17). The number of hydrogen-bond donors (Lipinski definition) is 1. The first-order chi connectivity index (χ1) is 9.16. The van der Waals surface area contributed by atoms with E-state index in [1.54, 1.807) is 16.8 Å². The third kappa shape index (κ3) is 3.66. The molecule has 0 unspecified atom stereocenters. The van der Waals surface area contributed by atoms with Gasteiger partial charge in [-0.1, -0.05) is 30.3 Å². The van der Waals surface area contributed by atoms with Crippen LogP contribution in [0.2, 0.25) is 0 Å². The highest BCUT2D eigenvalue weighted by atomic mass is 32.1. The van der Waals surface area contributed by atoms with Crippen molar-refractivity contribution in [3.63, 3.8) is 0 Å². The Bertz CT molecular complexity index is 551. The summed E-state index contributed by atoms with van der Waals surface area (Å²) < 4.78 is 0. The van der Waals surface area contributed by atoms with E-state index in [1.807, 2.05) is 30.3 Å². The second kappa shape index (κ2) is 6.15. The molecule has 0 radical (unpaired) electrons. The average Bonchev–Trinajstić information content (AvgIpc) is 2.91. The Hall–Kier alpha value is -2.14. The summed E-state index contributed by atoms with van der Waals surface area (Å²) in [6.07, 6.45) is 0. The Morgan fingerprint density at radius 3 is 2.47 bits per heavy atom. The van der Waals surface area contributed by atoms with E-state index in [4.69, 9.17) is 5.11 Å². The van der Waals surface area contributed by atoms with E-state index in [1.165, 1.54) is 16.2 Å². The molecule has 0 aliphatic heterocycles. The maximum absolute atomic E-state index is 12.2. The van der Waals surface area contributed by atoms with Crippen LogP contribution in [0.5, 0.6) is 0 Å². The van der Waals surface area contributed by atoms with Crippen LogP contribution in [-0.2, 0) is 11.3 Å². The second-order valence-electron chi connectivity index (χ2n) is 4.05. The van der Waals surface area contributed by atoms with E-state index in [0.29, 0.717) is 12.1 Å². The van der Waals surface area contributed by atoms with Crippen molar-refractivity contribution in [2.24, 2.45) is 0 Å². The van der Waals surface area contributed by atoms with Gasteiger partial charge in [-0.15, -0.1) is 0 Å². The highest BCUT2D eigenvalue weighted by molar-refractivity contribution is 7.08. The van der Waals surface area contributed by atoms with Gasteiger partial charge in [0.1, 0.15) is 6.54 Å². The lowest BCUT2D eigenvalue weighted by Gasteiger charge is -2.20. The molecule has 0 spiro atoms. The molecule has 0 atom stereocenters. The van der Waals surface area contributed by atoms with Gasteiger partial charge in [-0.2, -0.15) is 11.3 Å². The molecule has 0 saturated carbocycles. The summed E-state index contributed by atoms with van der Waals surface area (Å²) in [6.45, 7) is -0.00854. The van der Waals surface area contributed by atoms with Crippen LogP contribution in [0.25, 0.3) is 0 Å². The van der Waals surface area contributed by atoms with Gasteiger partial charge in [0.25, 0.3) is 5.91 Å². The van der Waals surface area contributed by atoms with Crippen molar-refractivity contribution < 1.29 is 14.7 Å². The molecule has 98 valence electrons. The summed E-state index contributed by atoms with van der Waals surface area (Å²) >= 11 is 1.42. The van der Waals surface area contributed by atoms with Crippen molar-refractivity contribution in [1.82, 2.24) is 4.90 Å². The van der Waals surface area contributed by atoms with Crippen LogP contribution < -0.4 is 0 Å². The number of carbonyl (C=O) groups is 2. The van der Waals surface area contributed by atoms with E-state index in [0.717, 1.165) is 5.56 Å². The Labute approximate surface area is 114 Å². The maximum atomic E-state index is 12.2. The largest absolute Gasteiger partial charge is 0.480 e. The fourth-order valence-electron chi connectivity index (χ4n) is 1.74. The molecule has 0 saturated heterocycles. The molecule has 1 heterocycles. The van der Waals surface area contributed by atoms with E-state index < -0.39 is 5.97 Å². The number of rotatable bonds is 5. The predicted octanol–water partition coefficient (Wildman–Crippen LogP) is 2.48. The van der Waals surface area contributed by atoms with E-state index >= 15 is 0 Å². The minimum absolute atomic E-state index is 0.257. The third-order valence-corrected chi connectivity index (χ3v) is 3.28. The van der Waals surface area contributed by atoms with Crippen LogP contribution in [0, 0.1) is 0 Å². The van der Waals surface area contributed by atoms with Gasteiger partial charge in [0.2, 0.25) is 0 Å². The SMILES string of the molecule is O=C(O)CN(Cc1ccccc1)C(=O)c1ccsc1. The Morgan fingerprint density at radius 1 is 1.16 bits per heavy atom. The Morgan fingerprint density at radius 2 is 1.89 bits per heavy atom. The molecule has 0 aliphatic rings. The lowest BCUT2D eigenvalue weighted by Crippen LogP contribution is -2.34. The van der Waals surface area contributed by atoms with Gasteiger partial charge in [-0.25, -0.2) is 0 Å². The number of nitrogens with zero attached hydrogens (tertiary/aromatic N) is 1. The fraction of sp³-hybridized carbons (Fsp3) is 0.143. The minimum Gasteiger partial charge on any atom is -0.480 e. The number of carboxylic acids is 1. The predicted molar refractivity (Wildman–Crippen MR) is 73.1 cm³/mol. The number of carbonyl (C=O) groups excluding carboxylic acids is 1. The molecule has 5 heteroatoms. The van der Waals surface area contributed by atoms with Crippen LogP contribution in [-0.4, -0.2) is 28.4 Å². The van der Waals surface area contributed by atoms with Gasteiger partial charge < -0.3 is 10.0 Å². The van der Waals surface area contributed by atoms with Gasteiger partial charge in [0, 0.05) is 11.9 Å². The summed E-state index contributed by atoms with van der Waals surface area (Å²) in [5.41, 5.74) is 1.44. The van der Waals surface area contributed by atoms with E-state index in [-0.39, 0.29) is 12.5 Å². The first-order valence-corrected chi connectivity index (χ1v) is 6.68. The summed E-state index contributed by atoms with van der Waals surface area (Å²) in [5, 5.41) is 12.4. The van der Waals surface area contributed by atoms with Crippen LogP contribution in [0.3, 0.4) is 0 Å². The van der Waals surface area contributed by atoms with Crippen molar-refractivity contribution in [1.29, 1.82) is 0 Å². The van der Waals surface area contributed by atoms with Gasteiger partial charge in [0.15, 0.2) is 0 Å². The molecule has 4 nitrogen and oxygen atoms in total. The highest BCUT2D eigenvalue weighted by Crippen LogP contribution is 2.12. The van der Waals surface area contributed by atoms with Gasteiger partial charge >= 0.3 is 5.97 Å². The topological polar surface area (TPSA) is 57.6 Å². The van der Waals surface area contributed by atoms with Gasteiger partial charge in [-0.3, -0.25) is 9.59 Å². The molecule has 19 heavy (non-hydrogen) atoms. The number of thiophene rings is 1. The van der Waals surface area contributed by atoms with E-state index in [2.05, 4.69) is 0 Å². The molecule has 2 rings (SSSR count). The molecule has 1 aromatic heterocycles. The number of hydrogen-bond acceptors (Lipinski definition) is 3. The number of benzene rings is 1. The van der Waals surface area contributed by atoms with Crippen molar-refractivity contribution in [3.05, 3.63) is 58.3 Å². The van der Waals surface area contributed by atoms with Crippen molar-refractivity contribution >= 4 is 23.2 Å². The zero-order chi connectivity index (χ0) is 13.7. The Balaban J connectivity index is 2.16. The number of aliphatic carboxylic acids is 1. The van der Waals surface area contributed by atoms with Crippen LogP contribution >= 0.6 is 11.3 Å². The lowest BCUT2D eigenvalue weighted by atomic mass is 10.2. The quantitative estimate of drug-likeness (QED) is 0.912. The Kier molecular flexibility index (Phi) is 4.30. The maximum Gasteiger partial charge on any atom is 0.323 e. The smallest absolute Gasteiger partial charge is 0.323 e. The zero-order valence-electron chi connectivity index (χ0n) is 10.2. The van der Waals surface area contributed by atoms with E-state index in [9.17, 15) is 9.59 Å². The molecule has 1 N–H and O–H groups in total. The normalized spacial score (nSPS) is 10.1. The summed E-state index contributed by atoms with van der Waals surface area (Å²) in [6, 6.07) is 11.1. The van der Waals surface area contributed by atoms with Crippen molar-refractivity contribution in [2.45, 2.75) is 6.54 Å². The van der Waals surface area contributed by atoms with Crippen LogP contribution in [0.4, 0.5) is 0 Å². The molecule has 1 amide bonds. The number of amides is 1. The molecule has 0 bridgehead atoms. The summed E-state index contributed by atoms with van der Waals surface area (Å²) in [5.74, 6) is -1.27. The first-order valence-electron chi connectivity index (χ1n) is 5.74. The molecule has 2 aromatic rings. The van der Waals surface area contributed by atoms with Gasteiger partial charge in [0.05, 0.1) is 5.56 Å². The number of carboxylic acid groups (broad SMARTS) is 1. The third-order valence-electron chi connectivity index (χ3n) is 2.60. The molecule has 1 aromatic carbocycles. The van der Waals surface area contributed by atoms with Crippen LogP contribution in [0.15, 0.2) is 47.2 Å². The van der Waals surface area contributed by atoms with Crippen molar-refractivity contribution in [2.75, 3.05) is 6.54 Å². The highest BCUT2D eigenvalue weighted by Gasteiger charge is 2.19. The average molecular weight is 275 g/mol. The molecule has 0 fully saturated rings. The monoisotopic (exact) mass is 275 g/mol. The summed E-state index contributed by atoms with van der Waals surface area (Å²) in [7, 11) is 0. The van der Waals surface area contributed by atoms with Gasteiger partial charge in [-0.05, 0) is 17.0 Å². The molecular formula is C14H13NO3S. The minimum atomic E-state index is -1.01. The van der Waals surface area contributed by atoms with Crippen LogP contribution in [0.1, 0.15) is 15.9 Å².